The molecule has 0 aliphatic heterocycles. The molecule has 2 aromatic carbocycles. The number of ether oxygens (including phenoxy) is 1. The first-order chi connectivity index (χ1) is 12.7. The average molecular weight is 368 g/mol. The van der Waals surface area contributed by atoms with Crippen LogP contribution in [0.25, 0.3) is 0 Å². The average Bonchev–Trinajstić information content (AvgIpc) is 2.66. The first-order valence-electron chi connectivity index (χ1n) is 8.17. The van der Waals surface area contributed by atoms with Crippen molar-refractivity contribution in [2.75, 3.05) is 17.2 Å². The number of nitrogens with one attached hydrogen (secondary N) is 2. The molecule has 0 fully saturated rings. The summed E-state index contributed by atoms with van der Waals surface area (Å²) in [5, 5.41) is 6.68. The molecule has 0 atom stereocenters. The van der Waals surface area contributed by atoms with Gasteiger partial charge >= 0.3 is 0 Å². The highest BCUT2D eigenvalue weighted by Gasteiger charge is 2.10. The maximum absolute atomic E-state index is 12.6. The van der Waals surface area contributed by atoms with Crippen molar-refractivity contribution in [2.45, 2.75) is 6.92 Å². The van der Waals surface area contributed by atoms with E-state index in [-0.39, 0.29) is 5.91 Å². The van der Waals surface area contributed by atoms with Crippen LogP contribution in [0, 0.1) is 0 Å². The molecular weight excluding hydrogens is 350 g/mol. The normalized spacial score (nSPS) is 10.2. The van der Waals surface area contributed by atoms with Crippen molar-refractivity contribution in [3.05, 3.63) is 77.4 Å². The summed E-state index contributed by atoms with van der Waals surface area (Å²) in [7, 11) is 0. The van der Waals surface area contributed by atoms with Crippen LogP contribution in [0.4, 0.5) is 17.2 Å². The Morgan fingerprint density at radius 1 is 1.12 bits per heavy atom. The third-order valence-electron chi connectivity index (χ3n) is 3.57. The van der Waals surface area contributed by atoms with E-state index in [1.165, 1.54) is 0 Å². The molecule has 1 aromatic heterocycles. The van der Waals surface area contributed by atoms with Crippen molar-refractivity contribution in [1.29, 1.82) is 0 Å². The van der Waals surface area contributed by atoms with E-state index in [0.29, 0.717) is 34.4 Å². The first-order valence-corrected chi connectivity index (χ1v) is 8.55. The monoisotopic (exact) mass is 367 g/mol. The van der Waals surface area contributed by atoms with Crippen molar-refractivity contribution < 1.29 is 9.53 Å². The van der Waals surface area contributed by atoms with Crippen LogP contribution in [0.5, 0.6) is 5.75 Å². The minimum atomic E-state index is -0.237. The number of benzene rings is 2. The Bertz CT molecular complexity index is 898. The molecule has 26 heavy (non-hydrogen) atoms. The Morgan fingerprint density at radius 3 is 2.65 bits per heavy atom. The topological polar surface area (TPSA) is 63.2 Å². The standard InChI is InChI=1S/C20H18ClN3O2/c1-2-26-18-6-4-3-5-17(18)24-20(25)14-11-12-22-19(13-14)23-16-9-7-15(21)8-10-16/h3-13H,2H2,1H3,(H,22,23)(H,24,25). The van der Waals surface area contributed by atoms with Gasteiger partial charge in [-0.15, -0.1) is 0 Å². The largest absolute Gasteiger partial charge is 0.492 e. The number of carbonyl (C=O) groups excluding carboxylic acids is 1. The second-order valence-electron chi connectivity index (χ2n) is 5.44. The van der Waals surface area contributed by atoms with E-state index in [1.54, 1.807) is 36.5 Å². The molecule has 0 unspecified atom stereocenters. The van der Waals surface area contributed by atoms with Crippen molar-refractivity contribution in [3.63, 3.8) is 0 Å². The SMILES string of the molecule is CCOc1ccccc1NC(=O)c1ccnc(Nc2ccc(Cl)cc2)c1. The Balaban J connectivity index is 1.75. The maximum atomic E-state index is 12.6. The zero-order chi connectivity index (χ0) is 18.4. The predicted octanol–water partition coefficient (Wildman–Crippen LogP) is 5.13. The molecule has 1 heterocycles. The van der Waals surface area contributed by atoms with Gasteiger partial charge in [0.05, 0.1) is 12.3 Å². The zero-order valence-electron chi connectivity index (χ0n) is 14.2. The summed E-state index contributed by atoms with van der Waals surface area (Å²) in [6.45, 7) is 2.42. The van der Waals surface area contributed by atoms with E-state index in [0.717, 1.165) is 5.69 Å². The molecule has 3 aromatic rings. The molecule has 3 rings (SSSR count). The van der Waals surface area contributed by atoms with E-state index in [1.807, 2.05) is 37.3 Å². The Morgan fingerprint density at radius 2 is 1.88 bits per heavy atom. The first kappa shape index (κ1) is 17.8. The fraction of sp³-hybridized carbons (Fsp3) is 0.100. The van der Waals surface area contributed by atoms with Crippen LogP contribution in [0.2, 0.25) is 5.02 Å². The van der Waals surface area contributed by atoms with Gasteiger partial charge in [-0.25, -0.2) is 4.98 Å². The third-order valence-corrected chi connectivity index (χ3v) is 3.83. The molecule has 6 heteroatoms. The molecule has 132 valence electrons. The van der Waals surface area contributed by atoms with E-state index in [2.05, 4.69) is 15.6 Å². The number of para-hydroxylation sites is 2. The van der Waals surface area contributed by atoms with E-state index >= 15 is 0 Å². The van der Waals surface area contributed by atoms with Gasteiger partial charge in [0.1, 0.15) is 11.6 Å². The molecule has 0 aliphatic rings. The lowest BCUT2D eigenvalue weighted by molar-refractivity contribution is 0.102. The number of anilines is 3. The summed E-state index contributed by atoms with van der Waals surface area (Å²) >= 11 is 5.89. The minimum Gasteiger partial charge on any atom is -0.492 e. The van der Waals surface area contributed by atoms with E-state index in [4.69, 9.17) is 16.3 Å². The Kier molecular flexibility index (Phi) is 5.71. The van der Waals surface area contributed by atoms with Gasteiger partial charge in [0.15, 0.2) is 0 Å². The number of aromatic nitrogens is 1. The smallest absolute Gasteiger partial charge is 0.255 e. The fourth-order valence-electron chi connectivity index (χ4n) is 2.37. The lowest BCUT2D eigenvalue weighted by Gasteiger charge is -2.12. The maximum Gasteiger partial charge on any atom is 0.255 e. The highest BCUT2D eigenvalue weighted by Crippen LogP contribution is 2.25. The summed E-state index contributed by atoms with van der Waals surface area (Å²) in [4.78, 5) is 16.8. The number of hydrogen-bond acceptors (Lipinski definition) is 4. The zero-order valence-corrected chi connectivity index (χ0v) is 15.0. The highest BCUT2D eigenvalue weighted by atomic mass is 35.5. The summed E-state index contributed by atoms with van der Waals surface area (Å²) in [6, 6.07) is 17.9. The van der Waals surface area contributed by atoms with Gasteiger partial charge < -0.3 is 15.4 Å². The van der Waals surface area contributed by atoms with Crippen LogP contribution in [-0.4, -0.2) is 17.5 Å². The molecular formula is C20H18ClN3O2. The Hall–Kier alpha value is -3.05. The number of hydrogen-bond donors (Lipinski definition) is 2. The second-order valence-corrected chi connectivity index (χ2v) is 5.88. The quantitative estimate of drug-likeness (QED) is 0.634. The molecule has 2 N–H and O–H groups in total. The molecule has 0 spiro atoms. The van der Waals surface area contributed by atoms with E-state index in [9.17, 15) is 4.79 Å². The number of rotatable bonds is 6. The van der Waals surface area contributed by atoms with E-state index < -0.39 is 0 Å². The van der Waals surface area contributed by atoms with Crippen LogP contribution >= 0.6 is 11.6 Å². The molecule has 0 saturated carbocycles. The third kappa shape index (κ3) is 4.52. The lowest BCUT2D eigenvalue weighted by atomic mass is 10.2. The van der Waals surface area contributed by atoms with Gasteiger partial charge in [0, 0.05) is 22.5 Å². The van der Waals surface area contributed by atoms with Crippen LogP contribution in [-0.2, 0) is 0 Å². The number of nitrogens with zero attached hydrogens (tertiary/aromatic N) is 1. The molecule has 0 saturated heterocycles. The van der Waals surface area contributed by atoms with Crippen molar-refractivity contribution in [3.8, 4) is 5.75 Å². The number of pyridine rings is 1. The highest BCUT2D eigenvalue weighted by molar-refractivity contribution is 6.30. The van der Waals surface area contributed by atoms with Crippen molar-refractivity contribution >= 4 is 34.7 Å². The van der Waals surface area contributed by atoms with Gasteiger partial charge in [-0.2, -0.15) is 0 Å². The summed E-state index contributed by atoms with van der Waals surface area (Å²) in [5.41, 5.74) is 1.95. The second kappa shape index (κ2) is 8.36. The molecule has 5 nitrogen and oxygen atoms in total. The fourth-order valence-corrected chi connectivity index (χ4v) is 2.49. The minimum absolute atomic E-state index is 0.237. The van der Waals surface area contributed by atoms with Crippen molar-refractivity contribution in [1.82, 2.24) is 4.98 Å². The number of halogens is 1. The summed E-state index contributed by atoms with van der Waals surface area (Å²) < 4.78 is 5.54. The molecule has 1 amide bonds. The van der Waals surface area contributed by atoms with Crippen LogP contribution < -0.4 is 15.4 Å². The van der Waals surface area contributed by atoms with Gasteiger partial charge in [0.2, 0.25) is 0 Å². The van der Waals surface area contributed by atoms with Gasteiger partial charge in [-0.3, -0.25) is 4.79 Å². The lowest BCUT2D eigenvalue weighted by Crippen LogP contribution is -2.13. The summed E-state index contributed by atoms with van der Waals surface area (Å²) in [6.07, 6.45) is 1.58. The molecule has 0 radical (unpaired) electrons. The molecule has 0 aliphatic carbocycles. The van der Waals surface area contributed by atoms with Crippen molar-refractivity contribution in [2.24, 2.45) is 0 Å². The van der Waals surface area contributed by atoms with Crippen LogP contribution in [0.3, 0.4) is 0 Å². The van der Waals surface area contributed by atoms with Crippen LogP contribution in [0.1, 0.15) is 17.3 Å². The number of carbonyl (C=O) groups is 1. The van der Waals surface area contributed by atoms with Gasteiger partial charge in [-0.1, -0.05) is 23.7 Å². The van der Waals surface area contributed by atoms with Gasteiger partial charge in [-0.05, 0) is 55.5 Å². The number of amides is 1. The molecule has 0 bridgehead atoms. The predicted molar refractivity (Wildman–Crippen MR) is 105 cm³/mol. The van der Waals surface area contributed by atoms with Gasteiger partial charge in [0.25, 0.3) is 5.91 Å². The Labute approximate surface area is 157 Å². The van der Waals surface area contributed by atoms with Crippen LogP contribution in [0.15, 0.2) is 66.9 Å². The summed E-state index contributed by atoms with van der Waals surface area (Å²) in [5.74, 6) is 0.966.